The molecular formula is C21H18N2O7S. The highest BCUT2D eigenvalue weighted by Crippen LogP contribution is 2.35. The number of carbonyl (C=O) groups excluding carboxylic acids is 3. The van der Waals surface area contributed by atoms with Crippen LogP contribution >= 0.6 is 11.8 Å². The molecule has 1 saturated heterocycles. The second-order valence-electron chi connectivity index (χ2n) is 6.93. The summed E-state index contributed by atoms with van der Waals surface area (Å²) in [5.41, 5.74) is 1.51. The van der Waals surface area contributed by atoms with E-state index in [2.05, 4.69) is 5.32 Å². The Morgan fingerprint density at radius 3 is 2.23 bits per heavy atom. The molecule has 0 radical (unpaired) electrons. The molecule has 1 aliphatic rings. The van der Waals surface area contributed by atoms with Gasteiger partial charge in [0.2, 0.25) is 11.8 Å². The van der Waals surface area contributed by atoms with E-state index in [9.17, 15) is 24.0 Å². The molecule has 0 spiro atoms. The summed E-state index contributed by atoms with van der Waals surface area (Å²) >= 11 is 0.735. The van der Waals surface area contributed by atoms with Gasteiger partial charge in [0.05, 0.1) is 16.8 Å². The summed E-state index contributed by atoms with van der Waals surface area (Å²) in [6, 6.07) is 8.45. The fourth-order valence-corrected chi connectivity index (χ4v) is 4.09. The maximum atomic E-state index is 12.8. The van der Waals surface area contributed by atoms with Crippen molar-refractivity contribution in [2.45, 2.75) is 25.5 Å². The number of thioether (sulfide) groups is 1. The molecule has 9 nitrogen and oxygen atoms in total. The van der Waals surface area contributed by atoms with Gasteiger partial charge < -0.3 is 15.5 Å². The summed E-state index contributed by atoms with van der Waals surface area (Å²) in [4.78, 5) is 61.1. The number of nitrogens with one attached hydrogen (secondary N) is 1. The van der Waals surface area contributed by atoms with Gasteiger partial charge in [-0.25, -0.2) is 14.5 Å². The molecule has 0 bridgehead atoms. The molecule has 1 fully saturated rings. The molecule has 3 N–H and O–H groups in total. The summed E-state index contributed by atoms with van der Waals surface area (Å²) < 4.78 is 0. The first kappa shape index (κ1) is 22.0. The molecule has 3 rings (SSSR count). The van der Waals surface area contributed by atoms with Crippen LogP contribution in [-0.4, -0.2) is 44.5 Å². The van der Waals surface area contributed by atoms with Crippen LogP contribution in [-0.2, 0) is 9.59 Å². The third-order valence-electron chi connectivity index (χ3n) is 4.82. The Labute approximate surface area is 181 Å². The normalized spacial score (nSPS) is 15.8. The fraction of sp³-hybridized carbons (Fsp3) is 0.190. The minimum absolute atomic E-state index is 0.0320. The Bertz CT molecular complexity index is 1100. The number of imide groups is 1. The van der Waals surface area contributed by atoms with Gasteiger partial charge in [-0.2, -0.15) is 0 Å². The quantitative estimate of drug-likeness (QED) is 0.619. The van der Waals surface area contributed by atoms with E-state index in [4.69, 9.17) is 10.2 Å². The van der Waals surface area contributed by atoms with Crippen molar-refractivity contribution in [1.82, 2.24) is 0 Å². The Morgan fingerprint density at radius 1 is 1.03 bits per heavy atom. The van der Waals surface area contributed by atoms with Gasteiger partial charge in [-0.15, -0.1) is 0 Å². The predicted octanol–water partition coefficient (Wildman–Crippen LogP) is 3.30. The number of carboxylic acid groups (broad SMARTS) is 2. The SMILES string of the molecule is Cc1cccc(N2C(=O)SC(CC(=O)Nc3cc(C(=O)O)cc(C(=O)O)c3)C2=O)c1C. The highest BCUT2D eigenvalue weighted by Gasteiger charge is 2.42. The third kappa shape index (κ3) is 4.58. The topological polar surface area (TPSA) is 141 Å². The zero-order valence-corrected chi connectivity index (χ0v) is 17.4. The van der Waals surface area contributed by atoms with Crippen molar-refractivity contribution in [3.63, 3.8) is 0 Å². The van der Waals surface area contributed by atoms with E-state index in [-0.39, 0.29) is 23.2 Å². The zero-order valence-electron chi connectivity index (χ0n) is 16.5. The van der Waals surface area contributed by atoms with Crippen molar-refractivity contribution in [2.24, 2.45) is 0 Å². The van der Waals surface area contributed by atoms with E-state index >= 15 is 0 Å². The number of carboxylic acids is 2. The Balaban J connectivity index is 1.77. The molecule has 1 heterocycles. The minimum atomic E-state index is -1.35. The van der Waals surface area contributed by atoms with Crippen LogP contribution < -0.4 is 10.2 Å². The number of hydrogen-bond acceptors (Lipinski definition) is 6. The predicted molar refractivity (Wildman–Crippen MR) is 114 cm³/mol. The lowest BCUT2D eigenvalue weighted by Gasteiger charge is -2.17. The van der Waals surface area contributed by atoms with Crippen molar-refractivity contribution in [3.8, 4) is 0 Å². The first-order chi connectivity index (χ1) is 14.6. The number of amides is 3. The highest BCUT2D eigenvalue weighted by molar-refractivity contribution is 8.15. The number of anilines is 2. The number of rotatable bonds is 6. The second-order valence-corrected chi connectivity index (χ2v) is 8.08. The van der Waals surface area contributed by atoms with Crippen LogP contribution in [0.25, 0.3) is 0 Å². The molecule has 0 aromatic heterocycles. The molecule has 0 aliphatic carbocycles. The fourth-order valence-electron chi connectivity index (χ4n) is 3.11. The number of aryl methyl sites for hydroxylation is 1. The molecule has 0 saturated carbocycles. The summed E-state index contributed by atoms with van der Waals surface area (Å²) in [5.74, 6) is -3.88. The maximum Gasteiger partial charge on any atom is 0.335 e. The average molecular weight is 442 g/mol. The molecule has 2 aromatic carbocycles. The molecule has 31 heavy (non-hydrogen) atoms. The monoisotopic (exact) mass is 442 g/mol. The van der Waals surface area contributed by atoms with E-state index in [0.717, 1.165) is 46.0 Å². The van der Waals surface area contributed by atoms with Crippen LogP contribution in [0.15, 0.2) is 36.4 Å². The lowest BCUT2D eigenvalue weighted by Crippen LogP contribution is -2.33. The van der Waals surface area contributed by atoms with Crippen molar-refractivity contribution in [3.05, 3.63) is 58.7 Å². The van der Waals surface area contributed by atoms with Gasteiger partial charge in [0, 0.05) is 12.1 Å². The summed E-state index contributed by atoms with van der Waals surface area (Å²) in [7, 11) is 0. The minimum Gasteiger partial charge on any atom is -0.478 e. The second kappa shape index (κ2) is 8.60. The molecule has 1 aliphatic heterocycles. The van der Waals surface area contributed by atoms with Gasteiger partial charge in [-0.05, 0) is 61.0 Å². The van der Waals surface area contributed by atoms with Gasteiger partial charge >= 0.3 is 11.9 Å². The number of aromatic carboxylic acids is 2. The van der Waals surface area contributed by atoms with Crippen molar-refractivity contribution in [1.29, 1.82) is 0 Å². The molecule has 1 atom stereocenters. The van der Waals surface area contributed by atoms with E-state index < -0.39 is 34.2 Å². The van der Waals surface area contributed by atoms with E-state index in [1.54, 1.807) is 19.1 Å². The van der Waals surface area contributed by atoms with E-state index in [0.29, 0.717) is 5.69 Å². The first-order valence-corrected chi connectivity index (χ1v) is 9.98. The zero-order chi connectivity index (χ0) is 22.9. The molecule has 160 valence electrons. The van der Waals surface area contributed by atoms with Gasteiger partial charge in [-0.3, -0.25) is 14.4 Å². The number of benzene rings is 2. The van der Waals surface area contributed by atoms with Gasteiger partial charge in [0.15, 0.2) is 0 Å². The van der Waals surface area contributed by atoms with Gasteiger partial charge in [0.1, 0.15) is 5.25 Å². The van der Waals surface area contributed by atoms with E-state index in [1.807, 2.05) is 13.0 Å². The van der Waals surface area contributed by atoms with Crippen LogP contribution in [0.4, 0.5) is 16.2 Å². The number of nitrogens with zero attached hydrogens (tertiary/aromatic N) is 1. The molecular weight excluding hydrogens is 424 g/mol. The maximum absolute atomic E-state index is 12.8. The Hall–Kier alpha value is -3.66. The highest BCUT2D eigenvalue weighted by atomic mass is 32.2. The van der Waals surface area contributed by atoms with Gasteiger partial charge in [-0.1, -0.05) is 12.1 Å². The molecule has 10 heteroatoms. The Kier molecular flexibility index (Phi) is 6.11. The molecule has 2 aromatic rings. The lowest BCUT2D eigenvalue weighted by molar-refractivity contribution is -0.121. The summed E-state index contributed by atoms with van der Waals surface area (Å²) in [6.45, 7) is 3.66. The third-order valence-corrected chi connectivity index (χ3v) is 5.86. The average Bonchev–Trinajstić information content (AvgIpc) is 2.96. The number of hydrogen-bond donors (Lipinski definition) is 3. The Morgan fingerprint density at radius 2 is 1.65 bits per heavy atom. The lowest BCUT2D eigenvalue weighted by atomic mass is 10.1. The van der Waals surface area contributed by atoms with Crippen LogP contribution in [0.2, 0.25) is 0 Å². The van der Waals surface area contributed by atoms with E-state index in [1.165, 1.54) is 0 Å². The smallest absolute Gasteiger partial charge is 0.335 e. The number of carbonyl (C=O) groups is 5. The summed E-state index contributed by atoms with van der Waals surface area (Å²) in [6.07, 6.45) is -0.337. The van der Waals surface area contributed by atoms with Crippen LogP contribution in [0.3, 0.4) is 0 Å². The van der Waals surface area contributed by atoms with Crippen molar-refractivity contribution >= 4 is 52.1 Å². The summed E-state index contributed by atoms with van der Waals surface area (Å²) in [5, 5.41) is 19.2. The first-order valence-electron chi connectivity index (χ1n) is 9.11. The van der Waals surface area contributed by atoms with Crippen molar-refractivity contribution in [2.75, 3.05) is 10.2 Å². The van der Waals surface area contributed by atoms with Crippen LogP contribution in [0, 0.1) is 13.8 Å². The van der Waals surface area contributed by atoms with Crippen LogP contribution in [0.5, 0.6) is 0 Å². The standard InChI is InChI=1S/C21H18N2O7S/c1-10-4-3-5-15(11(10)2)23-18(25)16(31-21(23)30)9-17(24)22-14-7-12(19(26)27)6-13(8-14)20(28)29/h3-8,16H,9H2,1-2H3,(H,22,24)(H,26,27)(H,28,29). The molecule has 1 unspecified atom stereocenters. The van der Waals surface area contributed by atoms with Gasteiger partial charge in [0.25, 0.3) is 5.24 Å². The van der Waals surface area contributed by atoms with Crippen LogP contribution in [0.1, 0.15) is 38.3 Å². The largest absolute Gasteiger partial charge is 0.478 e. The molecule has 3 amide bonds. The van der Waals surface area contributed by atoms with Crippen molar-refractivity contribution < 1.29 is 34.2 Å².